The predicted octanol–water partition coefficient (Wildman–Crippen LogP) is 11.3. The van der Waals surface area contributed by atoms with Crippen LogP contribution in [0, 0.1) is 0 Å². The summed E-state index contributed by atoms with van der Waals surface area (Å²) in [6.45, 7) is 3.38. The zero-order chi connectivity index (χ0) is 39.1. The first-order valence-electron chi connectivity index (χ1n) is 20.3. The van der Waals surface area contributed by atoms with E-state index in [0.29, 0.717) is 25.7 Å². The average Bonchev–Trinajstić information content (AvgIpc) is 3.12. The number of unbranched alkanes of at least 4 members (excludes halogenated alkanes) is 14. The Hall–Kier alpha value is -2.55. The van der Waals surface area contributed by atoms with Gasteiger partial charge in [0.25, 0.3) is 0 Å². The molecule has 10 heteroatoms. The molecule has 0 spiro atoms. The second kappa shape index (κ2) is 37.8. The highest BCUT2D eigenvalue weighted by Gasteiger charge is 2.22. The minimum absolute atomic E-state index is 0.167. The quantitative estimate of drug-likeness (QED) is 0.0187. The highest BCUT2D eigenvalue weighted by Crippen LogP contribution is 2.36. The summed E-state index contributed by atoms with van der Waals surface area (Å²) >= 11 is 0. The second-order valence-corrected chi connectivity index (χ2v) is 14.7. The van der Waals surface area contributed by atoms with E-state index >= 15 is 0 Å². The molecule has 0 aromatic heterocycles. The molecule has 3 N–H and O–H groups in total. The van der Waals surface area contributed by atoms with Crippen molar-refractivity contribution in [1.82, 2.24) is 0 Å². The van der Waals surface area contributed by atoms with Crippen molar-refractivity contribution in [3.8, 4) is 0 Å². The Kier molecular flexibility index (Phi) is 35.9. The molecule has 0 heterocycles. The predicted molar refractivity (Wildman–Crippen MR) is 217 cm³/mol. The van der Waals surface area contributed by atoms with Crippen molar-refractivity contribution in [3.05, 3.63) is 72.9 Å². The zero-order valence-corrected chi connectivity index (χ0v) is 33.9. The molecule has 304 valence electrons. The number of phosphoric ester groups is 1. The maximum Gasteiger partial charge on any atom is 0.469 e. The summed E-state index contributed by atoms with van der Waals surface area (Å²) in [5.74, 6) is -0.987. The lowest BCUT2D eigenvalue weighted by atomic mass is 10.1. The molecule has 0 aliphatic rings. The number of ether oxygens (including phenoxy) is 2. The zero-order valence-electron chi connectivity index (χ0n) is 33.0. The van der Waals surface area contributed by atoms with Gasteiger partial charge >= 0.3 is 19.8 Å². The molecule has 0 rings (SSSR count). The van der Waals surface area contributed by atoms with Gasteiger partial charge in [-0.3, -0.25) is 14.1 Å². The van der Waals surface area contributed by atoms with Gasteiger partial charge in [-0.05, 0) is 70.6 Å². The van der Waals surface area contributed by atoms with E-state index in [1.54, 1.807) is 0 Å². The molecule has 1 unspecified atom stereocenters. The summed E-state index contributed by atoms with van der Waals surface area (Å²) in [7, 11) is -4.78. The Bertz CT molecular complexity index is 1100. The van der Waals surface area contributed by atoms with E-state index in [9.17, 15) is 19.3 Å². The van der Waals surface area contributed by atoms with Crippen LogP contribution in [0.1, 0.15) is 162 Å². The fraction of sp³-hybridized carbons (Fsp3) is 0.674. The fourth-order valence-corrected chi connectivity index (χ4v) is 5.61. The van der Waals surface area contributed by atoms with Crippen LogP contribution < -0.4 is 0 Å². The first kappa shape index (κ1) is 50.5. The van der Waals surface area contributed by atoms with Crippen LogP contribution in [0.3, 0.4) is 0 Å². The van der Waals surface area contributed by atoms with E-state index in [0.717, 1.165) is 44.9 Å². The van der Waals surface area contributed by atoms with Gasteiger partial charge in [-0.2, -0.15) is 0 Å². The number of rotatable bonds is 36. The topological polar surface area (TPSA) is 140 Å². The molecule has 0 fully saturated rings. The van der Waals surface area contributed by atoms with Gasteiger partial charge in [0.15, 0.2) is 6.10 Å². The normalized spacial score (nSPS) is 13.8. The monoisotopic (exact) mass is 764 g/mol. The van der Waals surface area contributed by atoms with Gasteiger partial charge in [-0.1, -0.05) is 151 Å². The third-order valence-electron chi connectivity index (χ3n) is 8.28. The van der Waals surface area contributed by atoms with E-state index in [-0.39, 0.29) is 19.4 Å². The number of hydrogen-bond donors (Lipinski definition) is 3. The maximum atomic E-state index is 12.4. The lowest BCUT2D eigenvalue weighted by molar-refractivity contribution is -0.161. The summed E-state index contributed by atoms with van der Waals surface area (Å²) in [6, 6.07) is 0. The standard InChI is InChI=1S/C43H73O9P/c1-3-5-7-8-9-10-11-12-13-14-15-16-21-24-27-30-33-37-43(46)52-41(39-51-53(47,48)49)38-50-42(45)36-32-29-26-23-20-18-17-19-22-25-28-31-35-40(44)34-6-4-2/h6,12-13,17-18,22-23,25-26,28,31,34,40-41,44H,3-5,7-11,14-16,19-21,24,27,29-30,32-33,35-39H2,1-2H3,(H2,47,48,49)/b13-12-,18-17-,25-22-,26-23-,31-28+,34-6-/t40?,41-/m1/s1. The van der Waals surface area contributed by atoms with E-state index in [1.165, 1.54) is 64.2 Å². The molecule has 2 atom stereocenters. The summed E-state index contributed by atoms with van der Waals surface area (Å²) in [4.78, 5) is 42.8. The van der Waals surface area contributed by atoms with Crippen LogP contribution >= 0.6 is 7.82 Å². The van der Waals surface area contributed by atoms with Gasteiger partial charge in [0.05, 0.1) is 12.7 Å². The van der Waals surface area contributed by atoms with E-state index in [2.05, 4.69) is 35.8 Å². The van der Waals surface area contributed by atoms with Crippen LogP contribution in [-0.4, -0.2) is 52.3 Å². The lowest BCUT2D eigenvalue weighted by Crippen LogP contribution is -2.29. The molecule has 0 aliphatic carbocycles. The number of aliphatic hydroxyl groups excluding tert-OH is 1. The molecule has 0 aromatic rings. The highest BCUT2D eigenvalue weighted by atomic mass is 31.2. The molecule has 0 saturated carbocycles. The number of esters is 2. The van der Waals surface area contributed by atoms with Gasteiger partial charge in [-0.15, -0.1) is 0 Å². The van der Waals surface area contributed by atoms with E-state index in [1.807, 2.05) is 55.5 Å². The summed E-state index contributed by atoms with van der Waals surface area (Å²) in [6.07, 6.45) is 45.4. The Morgan fingerprint density at radius 1 is 0.604 bits per heavy atom. The smallest absolute Gasteiger partial charge is 0.462 e. The molecule has 0 aromatic carbocycles. The van der Waals surface area contributed by atoms with Crippen LogP contribution in [0.5, 0.6) is 0 Å². The fourth-order valence-electron chi connectivity index (χ4n) is 5.25. The third kappa shape index (κ3) is 40.5. The van der Waals surface area contributed by atoms with Crippen molar-refractivity contribution in [2.75, 3.05) is 13.2 Å². The minimum atomic E-state index is -4.78. The van der Waals surface area contributed by atoms with Crippen LogP contribution in [-0.2, 0) is 28.2 Å². The first-order valence-corrected chi connectivity index (χ1v) is 21.9. The van der Waals surface area contributed by atoms with Gasteiger partial charge < -0.3 is 24.4 Å². The van der Waals surface area contributed by atoms with Gasteiger partial charge in [0, 0.05) is 12.8 Å². The Labute approximate surface area is 322 Å². The van der Waals surface area contributed by atoms with Crippen molar-refractivity contribution in [2.24, 2.45) is 0 Å². The van der Waals surface area contributed by atoms with E-state index in [4.69, 9.17) is 19.3 Å². The van der Waals surface area contributed by atoms with Crippen LogP contribution in [0.2, 0.25) is 0 Å². The number of aliphatic hydroxyl groups is 1. The van der Waals surface area contributed by atoms with Crippen molar-refractivity contribution < 1.29 is 43.0 Å². The van der Waals surface area contributed by atoms with E-state index < -0.39 is 38.6 Å². The van der Waals surface area contributed by atoms with Gasteiger partial charge in [-0.25, -0.2) is 4.57 Å². The number of hydrogen-bond acceptors (Lipinski definition) is 7. The number of carbonyl (C=O) groups excluding carboxylic acids is 2. The van der Waals surface area contributed by atoms with Crippen LogP contribution in [0.15, 0.2) is 72.9 Å². The van der Waals surface area contributed by atoms with Gasteiger partial charge in [0.2, 0.25) is 0 Å². The van der Waals surface area contributed by atoms with Crippen molar-refractivity contribution >= 4 is 19.8 Å². The van der Waals surface area contributed by atoms with Crippen LogP contribution in [0.25, 0.3) is 0 Å². The number of allylic oxidation sites excluding steroid dienone is 10. The number of phosphoric acid groups is 1. The summed E-state index contributed by atoms with van der Waals surface area (Å²) in [5, 5.41) is 9.73. The average molecular weight is 765 g/mol. The van der Waals surface area contributed by atoms with Crippen molar-refractivity contribution in [2.45, 2.75) is 174 Å². The van der Waals surface area contributed by atoms with Crippen molar-refractivity contribution in [1.29, 1.82) is 0 Å². The Balaban J connectivity index is 4.08. The summed E-state index contributed by atoms with van der Waals surface area (Å²) < 4.78 is 26.3. The molecule has 9 nitrogen and oxygen atoms in total. The molecular formula is C43H73O9P. The lowest BCUT2D eigenvalue weighted by Gasteiger charge is -2.18. The maximum absolute atomic E-state index is 12.4. The van der Waals surface area contributed by atoms with Crippen LogP contribution in [0.4, 0.5) is 0 Å². The molecule has 0 bridgehead atoms. The molecule has 0 amide bonds. The molecular weight excluding hydrogens is 691 g/mol. The molecule has 0 aliphatic heterocycles. The summed E-state index contributed by atoms with van der Waals surface area (Å²) in [5.41, 5.74) is 0. The van der Waals surface area contributed by atoms with Gasteiger partial charge in [0.1, 0.15) is 6.61 Å². The molecule has 0 radical (unpaired) electrons. The SMILES string of the molecule is CC/C=C\C(O)C/C=C/C=C\C/C=C\C/C=C\CCCC(=O)OC[C@H](COP(=O)(O)O)OC(=O)CCCCCCCCC/C=C\CCCCCCCC. The number of carbonyl (C=O) groups is 2. The highest BCUT2D eigenvalue weighted by molar-refractivity contribution is 7.46. The Morgan fingerprint density at radius 2 is 1.13 bits per heavy atom. The third-order valence-corrected chi connectivity index (χ3v) is 8.77. The first-order chi connectivity index (χ1) is 25.7. The second-order valence-electron chi connectivity index (χ2n) is 13.4. The Morgan fingerprint density at radius 3 is 1.77 bits per heavy atom. The van der Waals surface area contributed by atoms with Crippen molar-refractivity contribution in [3.63, 3.8) is 0 Å². The molecule has 53 heavy (non-hydrogen) atoms. The largest absolute Gasteiger partial charge is 0.469 e. The molecule has 0 saturated heterocycles. The minimum Gasteiger partial charge on any atom is -0.462 e.